The Hall–Kier alpha value is -2.42. The van der Waals surface area contributed by atoms with Gasteiger partial charge in [0.05, 0.1) is 23.0 Å². The zero-order valence-corrected chi connectivity index (χ0v) is 22.8. The molecule has 1 saturated heterocycles. The maximum atomic E-state index is 13.0. The molecule has 196 valence electrons. The number of carbonyl (C=O) groups excluding carboxylic acids is 1. The van der Waals surface area contributed by atoms with Crippen LogP contribution in [0.5, 0.6) is 0 Å². The van der Waals surface area contributed by atoms with E-state index in [1.807, 2.05) is 0 Å². The number of rotatable bonds is 8. The molecule has 0 atom stereocenters. The summed E-state index contributed by atoms with van der Waals surface area (Å²) in [4.78, 5) is 13.1. The van der Waals surface area contributed by atoms with Gasteiger partial charge >= 0.3 is 0 Å². The molecule has 0 aliphatic carbocycles. The third kappa shape index (κ3) is 6.28. The highest BCUT2D eigenvalue weighted by atomic mass is 32.2. The Labute approximate surface area is 217 Å². The highest BCUT2D eigenvalue weighted by molar-refractivity contribution is 7.89. The molecule has 0 bridgehead atoms. The van der Waals surface area contributed by atoms with Crippen LogP contribution in [0.2, 0.25) is 0 Å². The standard InChI is InChI=1S/C23H30N4O6S3/c1-4-26(5-2)35(29,30)19-8-6-7-18(15-19)24-23(34)25-22(28)21-16-20(10-9-17(21)3)36(31,32)27-11-13-33-14-12-27/h6-10,15-16H,4-5,11-14H2,1-3H3,(H2,24,25,28,34). The summed E-state index contributed by atoms with van der Waals surface area (Å²) in [5.74, 6) is -0.587. The minimum Gasteiger partial charge on any atom is -0.379 e. The van der Waals surface area contributed by atoms with Crippen molar-refractivity contribution in [2.75, 3.05) is 44.7 Å². The van der Waals surface area contributed by atoms with Crippen molar-refractivity contribution < 1.29 is 26.4 Å². The second kappa shape index (κ2) is 11.8. The summed E-state index contributed by atoms with van der Waals surface area (Å²) in [5, 5.41) is 5.31. The van der Waals surface area contributed by atoms with Gasteiger partial charge in [0.1, 0.15) is 0 Å². The van der Waals surface area contributed by atoms with Gasteiger partial charge in [-0.25, -0.2) is 16.8 Å². The van der Waals surface area contributed by atoms with Crippen molar-refractivity contribution in [3.05, 3.63) is 53.6 Å². The van der Waals surface area contributed by atoms with Crippen LogP contribution in [0.4, 0.5) is 5.69 Å². The Morgan fingerprint density at radius 3 is 2.33 bits per heavy atom. The number of hydrogen-bond acceptors (Lipinski definition) is 7. The second-order valence-electron chi connectivity index (χ2n) is 8.02. The van der Waals surface area contributed by atoms with Gasteiger partial charge in [-0.05, 0) is 55.0 Å². The van der Waals surface area contributed by atoms with E-state index in [-0.39, 0.29) is 33.6 Å². The van der Waals surface area contributed by atoms with E-state index in [0.29, 0.717) is 37.6 Å². The van der Waals surface area contributed by atoms with Gasteiger partial charge in [0, 0.05) is 37.4 Å². The molecule has 1 amide bonds. The second-order valence-corrected chi connectivity index (χ2v) is 12.3. The Balaban J connectivity index is 1.75. The molecule has 1 heterocycles. The van der Waals surface area contributed by atoms with E-state index in [0.717, 1.165) is 0 Å². The van der Waals surface area contributed by atoms with Crippen LogP contribution in [0, 0.1) is 6.92 Å². The summed E-state index contributed by atoms with van der Waals surface area (Å²) in [6.07, 6.45) is 0. The lowest BCUT2D eigenvalue weighted by Crippen LogP contribution is -2.40. The quantitative estimate of drug-likeness (QED) is 0.476. The molecular weight excluding hydrogens is 524 g/mol. The minimum atomic E-state index is -3.78. The van der Waals surface area contributed by atoms with Crippen LogP contribution in [0.25, 0.3) is 0 Å². The van der Waals surface area contributed by atoms with E-state index in [9.17, 15) is 21.6 Å². The van der Waals surface area contributed by atoms with Crippen molar-refractivity contribution in [1.82, 2.24) is 13.9 Å². The number of anilines is 1. The van der Waals surface area contributed by atoms with Crippen molar-refractivity contribution >= 4 is 49.0 Å². The monoisotopic (exact) mass is 554 g/mol. The van der Waals surface area contributed by atoms with E-state index in [1.165, 1.54) is 32.9 Å². The number of carbonyl (C=O) groups is 1. The third-order valence-electron chi connectivity index (χ3n) is 5.72. The van der Waals surface area contributed by atoms with Crippen molar-refractivity contribution in [3.63, 3.8) is 0 Å². The predicted molar refractivity (Wildman–Crippen MR) is 141 cm³/mol. The molecule has 0 saturated carbocycles. The van der Waals surface area contributed by atoms with Gasteiger partial charge in [0.2, 0.25) is 20.0 Å². The number of nitrogens with one attached hydrogen (secondary N) is 2. The van der Waals surface area contributed by atoms with Gasteiger partial charge in [0.25, 0.3) is 5.91 Å². The first-order valence-electron chi connectivity index (χ1n) is 11.4. The van der Waals surface area contributed by atoms with Gasteiger partial charge in [-0.3, -0.25) is 10.1 Å². The van der Waals surface area contributed by atoms with Gasteiger partial charge in [-0.15, -0.1) is 0 Å². The summed E-state index contributed by atoms with van der Waals surface area (Å²) in [6, 6.07) is 10.5. The lowest BCUT2D eigenvalue weighted by Gasteiger charge is -2.26. The topological polar surface area (TPSA) is 125 Å². The number of aryl methyl sites for hydroxylation is 1. The molecular formula is C23H30N4O6S3. The number of amides is 1. The number of nitrogens with zero attached hydrogens (tertiary/aromatic N) is 2. The highest BCUT2D eigenvalue weighted by Crippen LogP contribution is 2.22. The first kappa shape index (κ1) is 28.2. The lowest BCUT2D eigenvalue weighted by molar-refractivity contribution is 0.0730. The molecule has 2 N–H and O–H groups in total. The summed E-state index contributed by atoms with van der Waals surface area (Å²) in [7, 11) is -7.44. The van der Waals surface area contributed by atoms with Crippen molar-refractivity contribution in [2.24, 2.45) is 0 Å². The fourth-order valence-electron chi connectivity index (χ4n) is 3.72. The molecule has 2 aromatic rings. The molecule has 10 nitrogen and oxygen atoms in total. The summed E-state index contributed by atoms with van der Waals surface area (Å²) < 4.78 is 59.5. The normalized spacial score (nSPS) is 15.0. The lowest BCUT2D eigenvalue weighted by atomic mass is 10.1. The number of ether oxygens (including phenoxy) is 1. The molecule has 36 heavy (non-hydrogen) atoms. The Bertz CT molecular complexity index is 1340. The van der Waals surface area contributed by atoms with E-state index < -0.39 is 26.0 Å². The minimum absolute atomic E-state index is 0.00772. The number of thiocarbonyl (C=S) groups is 1. The first-order valence-corrected chi connectivity index (χ1v) is 14.7. The fraction of sp³-hybridized carbons (Fsp3) is 0.391. The molecule has 1 aliphatic heterocycles. The number of morpholine rings is 1. The molecule has 1 aliphatic rings. The van der Waals surface area contributed by atoms with Crippen molar-refractivity contribution in [2.45, 2.75) is 30.6 Å². The maximum absolute atomic E-state index is 13.0. The van der Waals surface area contributed by atoms with E-state index in [2.05, 4.69) is 10.6 Å². The summed E-state index contributed by atoms with van der Waals surface area (Å²) in [6.45, 7) is 7.01. The SMILES string of the molecule is CCN(CC)S(=O)(=O)c1cccc(NC(=S)NC(=O)c2cc(S(=O)(=O)N3CCOCC3)ccc2C)c1. The van der Waals surface area contributed by atoms with Crippen LogP contribution in [0.3, 0.4) is 0 Å². The van der Waals surface area contributed by atoms with Crippen LogP contribution in [0.1, 0.15) is 29.8 Å². The molecule has 0 unspecified atom stereocenters. The van der Waals surface area contributed by atoms with Gasteiger partial charge < -0.3 is 10.1 Å². The molecule has 3 rings (SSSR count). The number of sulfonamides is 2. The van der Waals surface area contributed by atoms with Crippen molar-refractivity contribution in [1.29, 1.82) is 0 Å². The van der Waals surface area contributed by atoms with Crippen LogP contribution in [-0.4, -0.2) is 75.9 Å². The van der Waals surface area contributed by atoms with Gasteiger partial charge in [-0.1, -0.05) is 26.0 Å². The zero-order chi connectivity index (χ0) is 26.5. The Morgan fingerprint density at radius 1 is 1.03 bits per heavy atom. The van der Waals surface area contributed by atoms with Crippen molar-refractivity contribution in [3.8, 4) is 0 Å². The smallest absolute Gasteiger partial charge is 0.257 e. The van der Waals surface area contributed by atoms with Crippen LogP contribution >= 0.6 is 12.2 Å². The fourth-order valence-corrected chi connectivity index (χ4v) is 6.87. The average molecular weight is 555 g/mol. The van der Waals surface area contributed by atoms with Crippen LogP contribution in [-0.2, 0) is 24.8 Å². The van der Waals surface area contributed by atoms with E-state index in [4.69, 9.17) is 17.0 Å². The molecule has 13 heteroatoms. The highest BCUT2D eigenvalue weighted by Gasteiger charge is 2.27. The first-order chi connectivity index (χ1) is 17.0. The number of benzene rings is 2. The summed E-state index contributed by atoms with van der Waals surface area (Å²) >= 11 is 5.25. The van der Waals surface area contributed by atoms with E-state index in [1.54, 1.807) is 39.0 Å². The molecule has 1 fully saturated rings. The average Bonchev–Trinajstić information content (AvgIpc) is 2.85. The summed E-state index contributed by atoms with van der Waals surface area (Å²) in [5.41, 5.74) is 1.11. The molecule has 2 aromatic carbocycles. The third-order valence-corrected chi connectivity index (χ3v) is 9.87. The van der Waals surface area contributed by atoms with Crippen LogP contribution in [0.15, 0.2) is 52.3 Å². The van der Waals surface area contributed by atoms with Crippen LogP contribution < -0.4 is 10.6 Å². The number of hydrogen-bond donors (Lipinski definition) is 2. The molecule has 0 spiro atoms. The van der Waals surface area contributed by atoms with Gasteiger partial charge in [0.15, 0.2) is 5.11 Å². The van der Waals surface area contributed by atoms with Gasteiger partial charge in [-0.2, -0.15) is 8.61 Å². The maximum Gasteiger partial charge on any atom is 0.257 e. The Kier molecular flexibility index (Phi) is 9.19. The zero-order valence-electron chi connectivity index (χ0n) is 20.4. The van der Waals surface area contributed by atoms with E-state index >= 15 is 0 Å². The molecule has 0 radical (unpaired) electrons. The predicted octanol–water partition coefficient (Wildman–Crippen LogP) is 2.17. The largest absolute Gasteiger partial charge is 0.379 e. The molecule has 0 aromatic heterocycles. The Morgan fingerprint density at radius 2 is 1.69 bits per heavy atom.